The molecule has 2 N–H and O–H groups in total. The van der Waals surface area contributed by atoms with Crippen LogP contribution in [0.3, 0.4) is 0 Å². The zero-order chi connectivity index (χ0) is 17.3. The van der Waals surface area contributed by atoms with E-state index in [1.807, 2.05) is 13.8 Å². The van der Waals surface area contributed by atoms with Gasteiger partial charge in [-0.15, -0.1) is 11.8 Å². The molecule has 0 fully saturated rings. The number of carbonyl (C=O) groups is 1. The first-order valence-electron chi connectivity index (χ1n) is 8.06. The van der Waals surface area contributed by atoms with Gasteiger partial charge in [-0.25, -0.2) is 4.39 Å². The van der Waals surface area contributed by atoms with Gasteiger partial charge in [-0.1, -0.05) is 26.0 Å². The summed E-state index contributed by atoms with van der Waals surface area (Å²) in [6, 6.07) is 6.20. The summed E-state index contributed by atoms with van der Waals surface area (Å²) in [5.74, 6) is 0.330. The Morgan fingerprint density at radius 3 is 2.54 bits per heavy atom. The van der Waals surface area contributed by atoms with Gasteiger partial charge < -0.3 is 5.32 Å². The van der Waals surface area contributed by atoms with Crippen molar-refractivity contribution in [2.45, 2.75) is 38.0 Å². The molecule has 0 unspecified atom stereocenters. The average Bonchev–Trinajstić information content (AvgIpc) is 2.77. The van der Waals surface area contributed by atoms with Crippen LogP contribution < -0.4 is 10.9 Å². The average molecular weight is 349 g/mol. The third-order valence-corrected chi connectivity index (χ3v) is 5.61. The molecule has 1 aliphatic rings. The number of aromatic nitrogens is 2. The van der Waals surface area contributed by atoms with Crippen LogP contribution in [0, 0.1) is 5.82 Å². The molecule has 1 amide bonds. The monoisotopic (exact) mass is 349 g/mol. The minimum absolute atomic E-state index is 0.110. The smallest absolute Gasteiger partial charge is 0.270 e. The van der Waals surface area contributed by atoms with Gasteiger partial charge in [0.05, 0.1) is 22.6 Å². The van der Waals surface area contributed by atoms with E-state index >= 15 is 0 Å². The number of carbonyl (C=O) groups excluding carboxylic acids is 1. The van der Waals surface area contributed by atoms with Gasteiger partial charge in [-0.05, 0) is 30.5 Å². The molecule has 1 aliphatic heterocycles. The molecule has 128 valence electrons. The Morgan fingerprint density at radius 2 is 1.92 bits per heavy atom. The van der Waals surface area contributed by atoms with Crippen molar-refractivity contribution >= 4 is 23.5 Å². The quantitative estimate of drug-likeness (QED) is 0.888. The first-order chi connectivity index (χ1) is 11.5. The fourth-order valence-electron chi connectivity index (χ4n) is 3.07. The molecular formula is C17H20FN3O2S. The number of amides is 1. The van der Waals surface area contributed by atoms with Crippen molar-refractivity contribution in [3.05, 3.63) is 51.6 Å². The zero-order valence-corrected chi connectivity index (χ0v) is 14.5. The van der Waals surface area contributed by atoms with Crippen molar-refractivity contribution in [1.82, 2.24) is 9.78 Å². The lowest BCUT2D eigenvalue weighted by Crippen LogP contribution is -2.19. The van der Waals surface area contributed by atoms with Gasteiger partial charge in [0.1, 0.15) is 11.6 Å². The minimum Gasteiger partial charge on any atom is -0.310 e. The normalized spacial score (nSPS) is 17.5. The Bertz CT molecular complexity index is 793. The maximum Gasteiger partial charge on any atom is 0.270 e. The highest BCUT2D eigenvalue weighted by molar-refractivity contribution is 8.00. The van der Waals surface area contributed by atoms with Crippen LogP contribution in [0.15, 0.2) is 29.1 Å². The van der Waals surface area contributed by atoms with E-state index in [9.17, 15) is 14.0 Å². The van der Waals surface area contributed by atoms with E-state index in [4.69, 9.17) is 0 Å². The van der Waals surface area contributed by atoms with E-state index in [1.54, 1.807) is 16.8 Å². The van der Waals surface area contributed by atoms with Crippen molar-refractivity contribution in [3.63, 3.8) is 0 Å². The molecule has 0 saturated carbocycles. The predicted octanol–water partition coefficient (Wildman–Crippen LogP) is 3.45. The number of nitrogens with one attached hydrogen (secondary N) is 2. The molecule has 7 heteroatoms. The highest BCUT2D eigenvalue weighted by Gasteiger charge is 2.31. The Morgan fingerprint density at radius 1 is 1.25 bits per heavy atom. The Hall–Kier alpha value is -2.02. The largest absolute Gasteiger partial charge is 0.310 e. The number of thioether (sulfide) groups is 1. The van der Waals surface area contributed by atoms with Crippen LogP contribution in [0.5, 0.6) is 0 Å². The van der Waals surface area contributed by atoms with Crippen LogP contribution in [0.1, 0.15) is 49.1 Å². The van der Waals surface area contributed by atoms with E-state index in [1.165, 1.54) is 23.9 Å². The lowest BCUT2D eigenvalue weighted by Gasteiger charge is -2.18. The number of nitrogens with zero attached hydrogens (tertiary/aromatic N) is 1. The van der Waals surface area contributed by atoms with E-state index < -0.39 is 0 Å². The van der Waals surface area contributed by atoms with Crippen molar-refractivity contribution in [2.24, 2.45) is 0 Å². The number of benzene rings is 1. The first-order valence-corrected chi connectivity index (χ1v) is 9.11. The van der Waals surface area contributed by atoms with E-state index in [-0.39, 0.29) is 34.3 Å². The SMILES string of the molecule is CCC(CC)n1[nH]c(=O)c2c1NC(=O)CS[C@H]2c1ccc(F)cc1. The van der Waals surface area contributed by atoms with Crippen LogP contribution in [0.2, 0.25) is 0 Å². The fourth-order valence-corrected chi connectivity index (χ4v) is 4.20. The van der Waals surface area contributed by atoms with Crippen LogP contribution in [-0.4, -0.2) is 21.4 Å². The molecule has 0 saturated heterocycles. The zero-order valence-electron chi connectivity index (χ0n) is 13.6. The maximum atomic E-state index is 13.2. The van der Waals surface area contributed by atoms with Crippen LogP contribution >= 0.6 is 11.8 Å². The second-order valence-corrected chi connectivity index (χ2v) is 6.93. The Kier molecular flexibility index (Phi) is 4.80. The number of aromatic amines is 1. The molecule has 2 aromatic rings. The number of rotatable bonds is 4. The van der Waals surface area contributed by atoms with E-state index in [0.717, 1.165) is 18.4 Å². The van der Waals surface area contributed by atoms with Crippen molar-refractivity contribution in [1.29, 1.82) is 0 Å². The molecule has 0 spiro atoms. The lowest BCUT2D eigenvalue weighted by molar-refractivity contribution is -0.113. The third-order valence-electron chi connectivity index (χ3n) is 4.34. The predicted molar refractivity (Wildman–Crippen MR) is 94.0 cm³/mol. The molecule has 0 bridgehead atoms. The van der Waals surface area contributed by atoms with Crippen LogP contribution in [0.25, 0.3) is 0 Å². The van der Waals surface area contributed by atoms with Gasteiger partial charge >= 0.3 is 0 Å². The van der Waals surface area contributed by atoms with Gasteiger partial charge in [0.25, 0.3) is 5.56 Å². The highest BCUT2D eigenvalue weighted by atomic mass is 32.2. The number of H-pyrrole nitrogens is 1. The lowest BCUT2D eigenvalue weighted by atomic mass is 10.1. The van der Waals surface area contributed by atoms with Crippen LogP contribution in [-0.2, 0) is 4.79 Å². The topological polar surface area (TPSA) is 66.9 Å². The number of fused-ring (bicyclic) bond motifs is 1. The summed E-state index contributed by atoms with van der Waals surface area (Å²) in [7, 11) is 0. The summed E-state index contributed by atoms with van der Waals surface area (Å²) < 4.78 is 15.0. The van der Waals surface area contributed by atoms with E-state index in [0.29, 0.717) is 11.4 Å². The van der Waals surface area contributed by atoms with Crippen molar-refractivity contribution in [3.8, 4) is 0 Å². The first kappa shape index (κ1) is 16.8. The molecule has 1 aromatic heterocycles. The van der Waals surface area contributed by atoms with Gasteiger partial charge in [-0.3, -0.25) is 19.4 Å². The minimum atomic E-state index is -0.324. The summed E-state index contributed by atoms with van der Waals surface area (Å²) in [4.78, 5) is 24.7. The van der Waals surface area contributed by atoms with Gasteiger partial charge in [0.15, 0.2) is 0 Å². The second-order valence-electron chi connectivity index (χ2n) is 5.83. The van der Waals surface area contributed by atoms with Gasteiger partial charge in [-0.2, -0.15) is 0 Å². The molecule has 1 atom stereocenters. The molecule has 0 radical (unpaired) electrons. The summed E-state index contributed by atoms with van der Waals surface area (Å²) in [5, 5.41) is 5.44. The Labute approximate surface area is 143 Å². The number of hydrogen-bond acceptors (Lipinski definition) is 3. The Balaban J connectivity index is 2.15. The summed E-state index contributed by atoms with van der Waals surface area (Å²) >= 11 is 1.38. The number of anilines is 1. The molecule has 1 aromatic carbocycles. The van der Waals surface area contributed by atoms with Crippen molar-refractivity contribution in [2.75, 3.05) is 11.1 Å². The molecule has 5 nitrogen and oxygen atoms in total. The molecule has 2 heterocycles. The summed E-state index contributed by atoms with van der Waals surface area (Å²) in [5.41, 5.74) is 1.14. The maximum absolute atomic E-state index is 13.2. The van der Waals surface area contributed by atoms with E-state index in [2.05, 4.69) is 10.4 Å². The third kappa shape index (κ3) is 3.00. The number of halogens is 1. The van der Waals surface area contributed by atoms with Crippen LogP contribution in [0.4, 0.5) is 10.2 Å². The summed E-state index contributed by atoms with van der Waals surface area (Å²) in [6.07, 6.45) is 1.69. The second kappa shape index (κ2) is 6.84. The molecule has 3 rings (SSSR count). The molecule has 24 heavy (non-hydrogen) atoms. The van der Waals surface area contributed by atoms with Gasteiger partial charge in [0.2, 0.25) is 5.91 Å². The number of hydrogen-bond donors (Lipinski definition) is 2. The molecular weight excluding hydrogens is 329 g/mol. The standard InChI is InChI=1S/C17H20FN3O2S/c1-3-12(4-2)21-16-14(17(23)20-21)15(24-9-13(22)19-16)10-5-7-11(18)8-6-10/h5-8,12,15H,3-4,9H2,1-2H3,(H,19,22)(H,20,23)/t15-/m0/s1. The van der Waals surface area contributed by atoms with Gasteiger partial charge in [0, 0.05) is 0 Å². The summed E-state index contributed by atoms with van der Waals surface area (Å²) in [6.45, 7) is 4.09. The highest BCUT2D eigenvalue weighted by Crippen LogP contribution is 2.40. The molecule has 0 aliphatic carbocycles. The fraction of sp³-hybridized carbons (Fsp3) is 0.412. The van der Waals surface area contributed by atoms with Crippen molar-refractivity contribution < 1.29 is 9.18 Å².